The predicted molar refractivity (Wildman–Crippen MR) is 169 cm³/mol. The second-order valence-electron chi connectivity index (χ2n) is 10.4. The van der Waals surface area contributed by atoms with Gasteiger partial charge in [-0.3, -0.25) is 9.80 Å². The van der Waals surface area contributed by atoms with E-state index in [1.54, 1.807) is 0 Å². The summed E-state index contributed by atoms with van der Waals surface area (Å²) in [7, 11) is 1.35. The molecule has 0 spiro atoms. The van der Waals surface area contributed by atoms with Gasteiger partial charge in [0.1, 0.15) is 11.4 Å². The van der Waals surface area contributed by atoms with Gasteiger partial charge < -0.3 is 9.47 Å². The van der Waals surface area contributed by atoms with E-state index in [4.69, 9.17) is 19.8 Å². The van der Waals surface area contributed by atoms with Crippen LogP contribution in [0.5, 0.6) is 5.75 Å². The lowest BCUT2D eigenvalue weighted by Crippen LogP contribution is -2.23. The van der Waals surface area contributed by atoms with E-state index >= 15 is 0 Å². The van der Waals surface area contributed by atoms with Crippen LogP contribution in [0.15, 0.2) is 66.9 Å². The number of carbonyl (C=O) groups excluding carboxylic acids is 1. The first-order chi connectivity index (χ1) is 21.0. The summed E-state index contributed by atoms with van der Waals surface area (Å²) in [4.78, 5) is 26.1. The van der Waals surface area contributed by atoms with Crippen LogP contribution in [-0.2, 0) is 35.5 Å². The Morgan fingerprint density at radius 1 is 0.791 bits per heavy atom. The molecule has 0 radical (unpaired) electrons. The number of benzene rings is 1. The maximum Gasteiger partial charge on any atom is 0.343 e. The average molecular weight is 585 g/mol. The molecule has 3 aromatic heterocycles. The van der Waals surface area contributed by atoms with Gasteiger partial charge in [-0.2, -0.15) is 5.10 Å². The van der Waals surface area contributed by atoms with Crippen molar-refractivity contribution in [2.45, 2.75) is 53.6 Å². The number of aromatic nitrogens is 4. The maximum atomic E-state index is 11.4. The van der Waals surface area contributed by atoms with Crippen molar-refractivity contribution in [3.8, 4) is 23.0 Å². The zero-order valence-corrected chi connectivity index (χ0v) is 26.1. The van der Waals surface area contributed by atoms with Crippen LogP contribution in [0.3, 0.4) is 0 Å². The fourth-order valence-electron chi connectivity index (χ4n) is 4.89. The van der Waals surface area contributed by atoms with Gasteiger partial charge in [0.15, 0.2) is 12.4 Å². The summed E-state index contributed by atoms with van der Waals surface area (Å²) in [5, 5.41) is 5.05. The smallest absolute Gasteiger partial charge is 0.343 e. The van der Waals surface area contributed by atoms with Crippen molar-refractivity contribution >= 4 is 5.97 Å². The third kappa shape index (κ3) is 8.95. The first-order valence-electron chi connectivity index (χ1n) is 15.2. The first-order valence-corrected chi connectivity index (χ1v) is 15.2. The fraction of sp³-hybridized carbons (Fsp3) is 0.412. The van der Waals surface area contributed by atoms with Crippen LogP contribution in [0.1, 0.15) is 50.2 Å². The molecule has 0 saturated carbocycles. The summed E-state index contributed by atoms with van der Waals surface area (Å²) in [6, 6.07) is 20.1. The number of pyridine rings is 2. The topological polar surface area (TPSA) is 85.6 Å². The molecule has 0 atom stereocenters. The Bertz CT molecular complexity index is 1440. The van der Waals surface area contributed by atoms with E-state index in [-0.39, 0.29) is 6.61 Å². The normalized spacial score (nSPS) is 11.3. The Kier molecular flexibility index (Phi) is 11.8. The summed E-state index contributed by atoms with van der Waals surface area (Å²) in [6.07, 6.45) is 3.68. The van der Waals surface area contributed by atoms with Gasteiger partial charge in [0.2, 0.25) is 0 Å². The highest BCUT2D eigenvalue weighted by Gasteiger charge is 2.16. The number of ether oxygens (including phenoxy) is 2. The standard InChI is InChI=1S/C34H44N6O3/c1-6-38(7-2)23-28-12-10-14-31(35-28)34-27(19-16-26-17-20-30(21-18-26)43-25-33(41)42-5)22-40(37-34)32-15-11-13-29(36-32)24-39(8-3)9-4/h10-15,17-18,20-22H,6-9,16,19,23-25H2,1-5H3. The number of aryl methyl sites for hydroxylation is 2. The van der Waals surface area contributed by atoms with Crippen molar-refractivity contribution in [2.75, 3.05) is 39.9 Å². The van der Waals surface area contributed by atoms with Gasteiger partial charge >= 0.3 is 5.97 Å². The van der Waals surface area contributed by atoms with Crippen LogP contribution < -0.4 is 4.74 Å². The van der Waals surface area contributed by atoms with E-state index in [2.05, 4.69) is 72.7 Å². The first kappa shape index (κ1) is 31.8. The van der Waals surface area contributed by atoms with E-state index in [0.29, 0.717) is 5.75 Å². The predicted octanol–water partition coefficient (Wildman–Crippen LogP) is 5.35. The highest BCUT2D eigenvalue weighted by Crippen LogP contribution is 2.25. The Morgan fingerprint density at radius 3 is 2.05 bits per heavy atom. The van der Waals surface area contributed by atoms with Crippen LogP contribution in [-0.4, -0.2) is 75.4 Å². The van der Waals surface area contributed by atoms with Crippen molar-refractivity contribution in [2.24, 2.45) is 0 Å². The highest BCUT2D eigenvalue weighted by atomic mass is 16.6. The zero-order chi connectivity index (χ0) is 30.6. The minimum absolute atomic E-state index is 0.108. The lowest BCUT2D eigenvalue weighted by atomic mass is 10.0. The molecule has 0 saturated heterocycles. The Morgan fingerprint density at radius 2 is 1.42 bits per heavy atom. The number of rotatable bonds is 16. The van der Waals surface area contributed by atoms with Crippen molar-refractivity contribution in [1.82, 2.24) is 29.5 Å². The summed E-state index contributed by atoms with van der Waals surface area (Å²) in [5.41, 5.74) is 6.05. The summed E-state index contributed by atoms with van der Waals surface area (Å²) in [6.45, 7) is 14.1. The van der Waals surface area contributed by atoms with E-state index < -0.39 is 5.97 Å². The Labute approximate surface area is 255 Å². The van der Waals surface area contributed by atoms with Gasteiger partial charge in [-0.25, -0.2) is 19.4 Å². The monoisotopic (exact) mass is 584 g/mol. The molecule has 0 unspecified atom stereocenters. The van der Waals surface area contributed by atoms with Gasteiger partial charge in [0, 0.05) is 24.8 Å². The van der Waals surface area contributed by atoms with Crippen LogP contribution in [0, 0.1) is 0 Å². The molecule has 4 aromatic rings. The second kappa shape index (κ2) is 16.0. The number of nitrogens with zero attached hydrogens (tertiary/aromatic N) is 6. The van der Waals surface area contributed by atoms with Crippen molar-refractivity contribution in [3.63, 3.8) is 0 Å². The summed E-state index contributed by atoms with van der Waals surface area (Å²) < 4.78 is 12.0. The van der Waals surface area contributed by atoms with Gasteiger partial charge in [0.05, 0.1) is 24.2 Å². The number of carbonyl (C=O) groups is 1. The van der Waals surface area contributed by atoms with Gasteiger partial charge in [0.25, 0.3) is 0 Å². The highest BCUT2D eigenvalue weighted by molar-refractivity contribution is 5.70. The molecule has 0 aliphatic rings. The molecule has 43 heavy (non-hydrogen) atoms. The third-order valence-corrected chi connectivity index (χ3v) is 7.62. The molecule has 9 nitrogen and oxygen atoms in total. The fourth-order valence-corrected chi connectivity index (χ4v) is 4.89. The molecule has 0 amide bonds. The summed E-state index contributed by atoms with van der Waals surface area (Å²) >= 11 is 0. The minimum atomic E-state index is -0.406. The molecule has 0 aliphatic carbocycles. The number of hydrogen-bond donors (Lipinski definition) is 0. The lowest BCUT2D eigenvalue weighted by molar-refractivity contribution is -0.142. The molecular formula is C34H44N6O3. The summed E-state index contributed by atoms with van der Waals surface area (Å²) in [5.74, 6) is 1.02. The van der Waals surface area contributed by atoms with Crippen molar-refractivity contribution in [1.29, 1.82) is 0 Å². The Hall–Kier alpha value is -4.08. The minimum Gasteiger partial charge on any atom is -0.482 e. The average Bonchev–Trinajstić information content (AvgIpc) is 3.49. The van der Waals surface area contributed by atoms with Crippen LogP contribution >= 0.6 is 0 Å². The van der Waals surface area contributed by atoms with E-state index in [9.17, 15) is 4.79 Å². The SMILES string of the molecule is CCN(CC)Cc1cccc(-c2nn(-c3cccc(CN(CC)CC)n3)cc2CCc2ccc(OCC(=O)OC)cc2)n1. The van der Waals surface area contributed by atoms with Crippen LogP contribution in [0.2, 0.25) is 0 Å². The molecule has 0 aliphatic heterocycles. The van der Waals surface area contributed by atoms with Crippen LogP contribution in [0.25, 0.3) is 17.2 Å². The molecule has 0 N–H and O–H groups in total. The van der Waals surface area contributed by atoms with Gasteiger partial charge in [-0.15, -0.1) is 0 Å². The molecule has 0 bridgehead atoms. The molecule has 0 fully saturated rings. The van der Waals surface area contributed by atoms with E-state index in [1.807, 2.05) is 41.1 Å². The quantitative estimate of drug-likeness (QED) is 0.163. The lowest BCUT2D eigenvalue weighted by Gasteiger charge is -2.17. The molecule has 9 heteroatoms. The molecular weight excluding hydrogens is 540 g/mol. The van der Waals surface area contributed by atoms with E-state index in [0.717, 1.165) is 91.8 Å². The zero-order valence-electron chi connectivity index (χ0n) is 26.1. The number of esters is 1. The molecule has 3 heterocycles. The van der Waals surface area contributed by atoms with E-state index in [1.165, 1.54) is 7.11 Å². The second-order valence-corrected chi connectivity index (χ2v) is 10.4. The van der Waals surface area contributed by atoms with Gasteiger partial charge in [-0.1, -0.05) is 52.0 Å². The maximum absolute atomic E-state index is 11.4. The molecule has 228 valence electrons. The van der Waals surface area contributed by atoms with Crippen molar-refractivity contribution < 1.29 is 14.3 Å². The largest absolute Gasteiger partial charge is 0.482 e. The van der Waals surface area contributed by atoms with Gasteiger partial charge in [-0.05, 0) is 81.0 Å². The molecule has 1 aromatic carbocycles. The Balaban J connectivity index is 1.61. The van der Waals surface area contributed by atoms with Crippen LogP contribution in [0.4, 0.5) is 0 Å². The van der Waals surface area contributed by atoms with Crippen molar-refractivity contribution in [3.05, 3.63) is 89.4 Å². The third-order valence-electron chi connectivity index (χ3n) is 7.62. The number of methoxy groups -OCH3 is 1. The molecule has 4 rings (SSSR count). The number of hydrogen-bond acceptors (Lipinski definition) is 8.